The summed E-state index contributed by atoms with van der Waals surface area (Å²) in [4.78, 5) is 20.7. The average Bonchev–Trinajstić information content (AvgIpc) is 2.37. The van der Waals surface area contributed by atoms with Crippen LogP contribution in [-0.4, -0.2) is 31.4 Å². The molecule has 0 fully saturated rings. The van der Waals surface area contributed by atoms with Gasteiger partial charge in [0.1, 0.15) is 5.75 Å². The quantitative estimate of drug-likeness (QED) is 0.459. The van der Waals surface area contributed by atoms with Gasteiger partial charge in [0.2, 0.25) is 0 Å². The molecule has 19 heavy (non-hydrogen) atoms. The fourth-order valence-electron chi connectivity index (χ4n) is 1.31. The number of hydrogen-bond donors (Lipinski definition) is 2. The number of carbonyl (C=O) groups excluding carboxylic acids is 1. The molecule has 9 nitrogen and oxygen atoms in total. The van der Waals surface area contributed by atoms with Gasteiger partial charge in [0, 0.05) is 5.56 Å². The molecular formula is C10H12N4O5. The molecule has 0 unspecified atom stereocenters. The van der Waals surface area contributed by atoms with E-state index in [9.17, 15) is 14.9 Å². The Balaban J connectivity index is 3.20. The highest BCUT2D eigenvalue weighted by Crippen LogP contribution is 2.33. The third-order valence-corrected chi connectivity index (χ3v) is 2.11. The molecule has 0 aliphatic rings. The van der Waals surface area contributed by atoms with Crippen molar-refractivity contribution < 1.29 is 19.2 Å². The summed E-state index contributed by atoms with van der Waals surface area (Å²) in [6.07, 6.45) is 1.23. The molecule has 1 rings (SSSR count). The summed E-state index contributed by atoms with van der Waals surface area (Å²) in [6.45, 7) is 0. The average molecular weight is 268 g/mol. The number of urea groups is 1. The maximum Gasteiger partial charge on any atom is 0.332 e. The predicted molar refractivity (Wildman–Crippen MR) is 66.5 cm³/mol. The van der Waals surface area contributed by atoms with Crippen LogP contribution >= 0.6 is 0 Å². The van der Waals surface area contributed by atoms with E-state index < -0.39 is 11.0 Å². The van der Waals surface area contributed by atoms with Crippen molar-refractivity contribution in [3.63, 3.8) is 0 Å². The minimum Gasteiger partial charge on any atom is -0.496 e. The van der Waals surface area contributed by atoms with Crippen molar-refractivity contribution in [3.8, 4) is 11.5 Å². The van der Waals surface area contributed by atoms with Crippen molar-refractivity contribution in [1.82, 2.24) is 5.43 Å². The van der Waals surface area contributed by atoms with Crippen LogP contribution in [0.5, 0.6) is 11.5 Å². The third kappa shape index (κ3) is 3.56. The van der Waals surface area contributed by atoms with Gasteiger partial charge in [-0.1, -0.05) is 0 Å². The molecule has 0 aliphatic carbocycles. The van der Waals surface area contributed by atoms with E-state index >= 15 is 0 Å². The van der Waals surface area contributed by atoms with E-state index in [-0.39, 0.29) is 17.2 Å². The fourth-order valence-corrected chi connectivity index (χ4v) is 1.31. The van der Waals surface area contributed by atoms with Crippen molar-refractivity contribution in [2.24, 2.45) is 10.8 Å². The Morgan fingerprint density at radius 1 is 1.42 bits per heavy atom. The van der Waals surface area contributed by atoms with Crippen LogP contribution in [-0.2, 0) is 0 Å². The Bertz CT molecular complexity index is 529. The molecule has 102 valence electrons. The predicted octanol–water partition coefficient (Wildman–Crippen LogP) is 0.614. The van der Waals surface area contributed by atoms with Crippen molar-refractivity contribution >= 4 is 17.9 Å². The molecule has 0 radical (unpaired) electrons. The molecule has 0 saturated carbocycles. The molecule has 1 aromatic rings. The Morgan fingerprint density at radius 3 is 2.53 bits per heavy atom. The lowest BCUT2D eigenvalue weighted by Gasteiger charge is -2.07. The molecular weight excluding hydrogens is 256 g/mol. The topological polar surface area (TPSA) is 129 Å². The number of nitrogens with one attached hydrogen (secondary N) is 1. The number of rotatable bonds is 5. The monoisotopic (exact) mass is 268 g/mol. The molecule has 0 heterocycles. The van der Waals surface area contributed by atoms with Gasteiger partial charge in [0.15, 0.2) is 5.75 Å². The van der Waals surface area contributed by atoms with Crippen LogP contribution in [0, 0.1) is 10.1 Å². The number of nitro benzene ring substituents is 1. The maximum absolute atomic E-state index is 10.8. The first-order valence-corrected chi connectivity index (χ1v) is 4.98. The van der Waals surface area contributed by atoms with E-state index in [1.807, 2.05) is 5.43 Å². The largest absolute Gasteiger partial charge is 0.496 e. The first kappa shape index (κ1) is 14.2. The third-order valence-electron chi connectivity index (χ3n) is 2.11. The minimum absolute atomic E-state index is 0.0475. The second-order valence-corrected chi connectivity index (χ2v) is 3.26. The van der Waals surface area contributed by atoms with Crippen LogP contribution in [0.1, 0.15) is 5.56 Å². The highest BCUT2D eigenvalue weighted by molar-refractivity contribution is 5.86. The number of nitrogens with two attached hydrogens (primary N) is 1. The van der Waals surface area contributed by atoms with Gasteiger partial charge in [-0.15, -0.1) is 0 Å². The number of ether oxygens (including phenoxy) is 2. The minimum atomic E-state index is -0.830. The van der Waals surface area contributed by atoms with Gasteiger partial charge in [-0.2, -0.15) is 5.10 Å². The second-order valence-electron chi connectivity index (χ2n) is 3.26. The zero-order chi connectivity index (χ0) is 14.4. The Labute approximate surface area is 108 Å². The van der Waals surface area contributed by atoms with E-state index in [4.69, 9.17) is 15.2 Å². The summed E-state index contributed by atoms with van der Waals surface area (Å²) in [6, 6.07) is 1.73. The lowest BCUT2D eigenvalue weighted by molar-refractivity contribution is -0.385. The smallest absolute Gasteiger partial charge is 0.332 e. The maximum atomic E-state index is 10.8. The molecule has 0 aliphatic heterocycles. The van der Waals surface area contributed by atoms with E-state index in [0.717, 1.165) is 0 Å². The molecule has 3 N–H and O–H groups in total. The SMILES string of the molecule is COc1cc([N+](=O)[O-])c(OC)cc1C=NNC(N)=O. The summed E-state index contributed by atoms with van der Waals surface area (Å²) in [5.74, 6) is 0.258. The van der Waals surface area contributed by atoms with Crippen molar-refractivity contribution in [1.29, 1.82) is 0 Å². The first-order chi connectivity index (χ1) is 8.99. The number of methoxy groups -OCH3 is 2. The van der Waals surface area contributed by atoms with Crippen LogP contribution in [0.4, 0.5) is 10.5 Å². The Kier molecular flexibility index (Phi) is 4.63. The van der Waals surface area contributed by atoms with Crippen LogP contribution in [0.15, 0.2) is 17.2 Å². The summed E-state index contributed by atoms with van der Waals surface area (Å²) in [7, 11) is 2.65. The summed E-state index contributed by atoms with van der Waals surface area (Å²) >= 11 is 0. The van der Waals surface area contributed by atoms with Crippen LogP contribution in [0.2, 0.25) is 0 Å². The highest BCUT2D eigenvalue weighted by atomic mass is 16.6. The second kappa shape index (κ2) is 6.19. The van der Waals surface area contributed by atoms with E-state index in [1.54, 1.807) is 0 Å². The number of carbonyl (C=O) groups is 1. The Morgan fingerprint density at radius 2 is 2.05 bits per heavy atom. The van der Waals surface area contributed by atoms with Crippen LogP contribution in [0.25, 0.3) is 0 Å². The molecule has 9 heteroatoms. The van der Waals surface area contributed by atoms with Gasteiger partial charge in [-0.25, -0.2) is 10.2 Å². The van der Waals surface area contributed by atoms with E-state index in [0.29, 0.717) is 5.56 Å². The lowest BCUT2D eigenvalue weighted by atomic mass is 10.2. The number of amides is 2. The summed E-state index contributed by atoms with van der Waals surface area (Å²) in [5, 5.41) is 14.4. The normalized spacial score (nSPS) is 10.2. The van der Waals surface area contributed by atoms with Gasteiger partial charge in [-0.3, -0.25) is 10.1 Å². The first-order valence-electron chi connectivity index (χ1n) is 4.98. The van der Waals surface area contributed by atoms with Crippen LogP contribution < -0.4 is 20.6 Å². The molecule has 0 spiro atoms. The highest BCUT2D eigenvalue weighted by Gasteiger charge is 2.18. The van der Waals surface area contributed by atoms with E-state index in [1.165, 1.54) is 32.6 Å². The zero-order valence-corrected chi connectivity index (χ0v) is 10.2. The lowest BCUT2D eigenvalue weighted by Crippen LogP contribution is -2.24. The molecule has 2 amide bonds. The van der Waals surface area contributed by atoms with Gasteiger partial charge in [0.05, 0.1) is 31.4 Å². The number of hydrogen-bond acceptors (Lipinski definition) is 6. The zero-order valence-electron chi connectivity index (χ0n) is 10.2. The number of nitrogens with zero attached hydrogens (tertiary/aromatic N) is 2. The van der Waals surface area contributed by atoms with Crippen molar-refractivity contribution in [2.75, 3.05) is 14.2 Å². The van der Waals surface area contributed by atoms with E-state index in [2.05, 4.69) is 5.10 Å². The van der Waals surface area contributed by atoms with Gasteiger partial charge < -0.3 is 15.2 Å². The van der Waals surface area contributed by atoms with Crippen molar-refractivity contribution in [3.05, 3.63) is 27.8 Å². The van der Waals surface area contributed by atoms with Gasteiger partial charge >= 0.3 is 11.7 Å². The Hall–Kier alpha value is -2.84. The van der Waals surface area contributed by atoms with Crippen LogP contribution in [0.3, 0.4) is 0 Å². The summed E-state index contributed by atoms with van der Waals surface area (Å²) in [5.41, 5.74) is 6.99. The molecule has 0 saturated heterocycles. The standard InChI is InChI=1S/C10H12N4O5/c1-18-8-4-7(14(16)17)9(19-2)3-6(8)5-12-13-10(11)15/h3-5H,1-2H3,(H3,11,13,15). The van der Waals surface area contributed by atoms with Crippen molar-refractivity contribution in [2.45, 2.75) is 0 Å². The number of benzene rings is 1. The fraction of sp³-hybridized carbons (Fsp3) is 0.200. The molecule has 1 aromatic carbocycles. The molecule has 0 atom stereocenters. The van der Waals surface area contributed by atoms with Gasteiger partial charge in [0.25, 0.3) is 0 Å². The number of hydrazone groups is 1. The molecule has 0 bridgehead atoms. The van der Waals surface area contributed by atoms with Gasteiger partial charge in [-0.05, 0) is 6.07 Å². The number of primary amides is 1. The summed E-state index contributed by atoms with van der Waals surface area (Å²) < 4.78 is 9.90. The number of nitro groups is 1. The molecule has 0 aromatic heterocycles.